The van der Waals surface area contributed by atoms with E-state index < -0.39 is 0 Å². The Balaban J connectivity index is 2.23. The molecule has 0 spiro atoms. The van der Waals surface area contributed by atoms with Crippen LogP contribution in [0.2, 0.25) is 5.15 Å². The molecule has 5 nitrogen and oxygen atoms in total. The summed E-state index contributed by atoms with van der Waals surface area (Å²) >= 11 is 5.83. The van der Waals surface area contributed by atoms with Gasteiger partial charge in [0.15, 0.2) is 6.29 Å². The molecule has 1 saturated heterocycles. The molecule has 1 atom stereocenters. The highest BCUT2D eigenvalue weighted by Gasteiger charge is 2.35. The van der Waals surface area contributed by atoms with Crippen molar-refractivity contribution in [2.75, 3.05) is 31.7 Å². The molecule has 0 radical (unpaired) electrons. The van der Waals surface area contributed by atoms with Crippen LogP contribution in [0.1, 0.15) is 24.3 Å². The van der Waals surface area contributed by atoms with Crippen molar-refractivity contribution in [3.05, 3.63) is 23.0 Å². The second-order valence-corrected chi connectivity index (χ2v) is 5.66. The van der Waals surface area contributed by atoms with Gasteiger partial charge in [-0.3, -0.25) is 4.79 Å². The number of halogens is 1. The monoisotopic (exact) mass is 298 g/mol. The minimum absolute atomic E-state index is 0.0727. The summed E-state index contributed by atoms with van der Waals surface area (Å²) in [6.07, 6.45) is 0.657. The summed E-state index contributed by atoms with van der Waals surface area (Å²) in [7, 11) is 1.67. The van der Waals surface area contributed by atoms with Crippen LogP contribution < -0.4 is 4.90 Å². The minimum Gasteiger partial charge on any atom is -0.376 e. The molecule has 6 heteroatoms. The predicted molar refractivity (Wildman–Crippen MR) is 77.7 cm³/mol. The highest BCUT2D eigenvalue weighted by molar-refractivity contribution is 6.29. The molecule has 0 amide bonds. The average molecular weight is 299 g/mol. The first-order valence-electron chi connectivity index (χ1n) is 6.51. The normalized spacial score (nSPS) is 20.0. The van der Waals surface area contributed by atoms with Crippen molar-refractivity contribution >= 4 is 23.6 Å². The van der Waals surface area contributed by atoms with E-state index in [9.17, 15) is 4.79 Å². The number of carbonyl (C=O) groups is 1. The molecule has 1 fully saturated rings. The van der Waals surface area contributed by atoms with E-state index in [1.54, 1.807) is 13.2 Å². The van der Waals surface area contributed by atoms with Crippen molar-refractivity contribution < 1.29 is 14.3 Å². The molecule has 1 aliphatic rings. The van der Waals surface area contributed by atoms with Gasteiger partial charge >= 0.3 is 0 Å². The van der Waals surface area contributed by atoms with Gasteiger partial charge in [0.1, 0.15) is 17.0 Å². The van der Waals surface area contributed by atoms with E-state index in [0.29, 0.717) is 30.5 Å². The number of hydrogen-bond acceptors (Lipinski definition) is 5. The topological polar surface area (TPSA) is 51.7 Å². The summed E-state index contributed by atoms with van der Waals surface area (Å²) in [5.41, 5.74) is 0.748. The maximum absolute atomic E-state index is 11.2. The summed E-state index contributed by atoms with van der Waals surface area (Å²) in [6, 6.07) is 3.51. The Morgan fingerprint density at radius 3 is 2.95 bits per heavy atom. The minimum atomic E-state index is -0.389. The van der Waals surface area contributed by atoms with Crippen LogP contribution in [-0.2, 0) is 9.47 Å². The number of morpholine rings is 1. The van der Waals surface area contributed by atoms with Crippen LogP contribution >= 0.6 is 11.6 Å². The van der Waals surface area contributed by atoms with Gasteiger partial charge in [0.25, 0.3) is 0 Å². The highest BCUT2D eigenvalue weighted by Crippen LogP contribution is 2.26. The van der Waals surface area contributed by atoms with Crippen LogP contribution in [0.3, 0.4) is 0 Å². The van der Waals surface area contributed by atoms with Gasteiger partial charge in [-0.25, -0.2) is 4.98 Å². The predicted octanol–water partition coefficient (Wildman–Crippen LogP) is 2.18. The Morgan fingerprint density at radius 2 is 2.30 bits per heavy atom. The van der Waals surface area contributed by atoms with Crippen molar-refractivity contribution in [1.82, 2.24) is 4.98 Å². The molecule has 1 aromatic rings. The zero-order valence-electron chi connectivity index (χ0n) is 11.9. The van der Waals surface area contributed by atoms with E-state index in [-0.39, 0.29) is 11.7 Å². The third-order valence-corrected chi connectivity index (χ3v) is 3.90. The zero-order chi connectivity index (χ0) is 14.8. The molecule has 0 N–H and O–H groups in total. The molecule has 110 valence electrons. The first-order chi connectivity index (χ1) is 9.47. The maximum Gasteiger partial charge on any atom is 0.170 e. The number of nitrogens with zero attached hydrogens (tertiary/aromatic N) is 2. The summed E-state index contributed by atoms with van der Waals surface area (Å²) in [5, 5.41) is 0.317. The first-order valence-corrected chi connectivity index (χ1v) is 6.89. The van der Waals surface area contributed by atoms with Crippen molar-refractivity contribution in [3.8, 4) is 0 Å². The number of rotatable bonds is 4. The van der Waals surface area contributed by atoms with Crippen molar-refractivity contribution in [2.45, 2.75) is 25.6 Å². The Hall–Kier alpha value is -1.17. The third-order valence-electron chi connectivity index (χ3n) is 3.69. The standard InChI is InChI=1S/C14H19ClN2O3/c1-14(2,19-3)12-8-17(6-7-20-12)11-4-5-13(15)16-10(11)9-18/h4-5,9,12H,6-8H2,1-3H3. The first kappa shape index (κ1) is 15.2. The van der Waals surface area contributed by atoms with Gasteiger partial charge < -0.3 is 14.4 Å². The summed E-state index contributed by atoms with van der Waals surface area (Å²) in [5.74, 6) is 0. The molecule has 0 aromatic carbocycles. The lowest BCUT2D eigenvalue weighted by molar-refractivity contribution is -0.113. The van der Waals surface area contributed by atoms with Crippen molar-refractivity contribution in [1.29, 1.82) is 0 Å². The molecule has 1 unspecified atom stereocenters. The van der Waals surface area contributed by atoms with Gasteiger partial charge in [-0.15, -0.1) is 0 Å². The van der Waals surface area contributed by atoms with Crippen molar-refractivity contribution in [2.24, 2.45) is 0 Å². The van der Waals surface area contributed by atoms with Crippen molar-refractivity contribution in [3.63, 3.8) is 0 Å². The Kier molecular flexibility index (Phi) is 4.62. The van der Waals surface area contributed by atoms with Crippen LogP contribution in [0, 0.1) is 0 Å². The average Bonchev–Trinajstić information content (AvgIpc) is 2.47. The van der Waals surface area contributed by atoms with E-state index in [1.165, 1.54) is 0 Å². The molecule has 20 heavy (non-hydrogen) atoms. The molecular formula is C14H19ClN2O3. The van der Waals surface area contributed by atoms with Gasteiger partial charge in [-0.05, 0) is 26.0 Å². The Morgan fingerprint density at radius 1 is 1.55 bits per heavy atom. The lowest BCUT2D eigenvalue weighted by Crippen LogP contribution is -2.53. The number of anilines is 1. The smallest absolute Gasteiger partial charge is 0.170 e. The quantitative estimate of drug-likeness (QED) is 0.630. The fourth-order valence-corrected chi connectivity index (χ4v) is 2.37. The molecule has 0 saturated carbocycles. The van der Waals surface area contributed by atoms with E-state index in [1.807, 2.05) is 19.9 Å². The van der Waals surface area contributed by atoms with Crippen LogP contribution in [0.25, 0.3) is 0 Å². The van der Waals surface area contributed by atoms with E-state index in [2.05, 4.69) is 9.88 Å². The van der Waals surface area contributed by atoms with Gasteiger partial charge in [-0.2, -0.15) is 0 Å². The molecule has 1 aliphatic heterocycles. The molecule has 0 aliphatic carbocycles. The zero-order valence-corrected chi connectivity index (χ0v) is 12.7. The van der Waals surface area contributed by atoms with Crippen LogP contribution in [-0.4, -0.2) is 49.8 Å². The largest absolute Gasteiger partial charge is 0.376 e. The summed E-state index contributed by atoms with van der Waals surface area (Å²) in [6.45, 7) is 5.91. The summed E-state index contributed by atoms with van der Waals surface area (Å²) < 4.78 is 11.3. The van der Waals surface area contributed by atoms with Gasteiger partial charge in [-0.1, -0.05) is 11.6 Å². The lowest BCUT2D eigenvalue weighted by atomic mass is 9.99. The SMILES string of the molecule is COC(C)(C)C1CN(c2ccc(Cl)nc2C=O)CCO1. The van der Waals surface area contributed by atoms with Crippen LogP contribution in [0.15, 0.2) is 12.1 Å². The van der Waals surface area contributed by atoms with Gasteiger partial charge in [0.05, 0.1) is 17.9 Å². The fraction of sp³-hybridized carbons (Fsp3) is 0.571. The number of methoxy groups -OCH3 is 1. The highest BCUT2D eigenvalue weighted by atomic mass is 35.5. The molecule has 0 bridgehead atoms. The Labute approximate surface area is 123 Å². The fourth-order valence-electron chi connectivity index (χ4n) is 2.22. The molecular weight excluding hydrogens is 280 g/mol. The van der Waals surface area contributed by atoms with E-state index >= 15 is 0 Å². The number of hydrogen-bond donors (Lipinski definition) is 0. The third kappa shape index (κ3) is 3.11. The number of carbonyl (C=O) groups excluding carboxylic acids is 1. The number of pyridine rings is 1. The second kappa shape index (κ2) is 6.08. The number of aldehydes is 1. The molecule has 2 rings (SSSR count). The number of ether oxygens (including phenoxy) is 2. The van der Waals surface area contributed by atoms with E-state index in [0.717, 1.165) is 12.0 Å². The van der Waals surface area contributed by atoms with Gasteiger partial charge in [0, 0.05) is 20.2 Å². The molecule has 1 aromatic heterocycles. The summed E-state index contributed by atoms with van der Waals surface area (Å²) in [4.78, 5) is 17.3. The lowest BCUT2D eigenvalue weighted by Gasteiger charge is -2.41. The Bertz CT molecular complexity index is 493. The molecule has 2 heterocycles. The van der Waals surface area contributed by atoms with Crippen LogP contribution in [0.4, 0.5) is 5.69 Å². The van der Waals surface area contributed by atoms with E-state index in [4.69, 9.17) is 21.1 Å². The second-order valence-electron chi connectivity index (χ2n) is 5.27. The maximum atomic E-state index is 11.2. The number of aromatic nitrogens is 1. The van der Waals surface area contributed by atoms with Crippen LogP contribution in [0.5, 0.6) is 0 Å². The van der Waals surface area contributed by atoms with Gasteiger partial charge in [0.2, 0.25) is 0 Å².